The maximum Gasteiger partial charge on any atom is 0.220 e. The highest BCUT2D eigenvalue weighted by atomic mass is 16.1. The third kappa shape index (κ3) is 1.72. The second-order valence-electron chi connectivity index (χ2n) is 3.34. The number of rotatable bonds is 3. The van der Waals surface area contributed by atoms with Gasteiger partial charge in [0.1, 0.15) is 0 Å². The van der Waals surface area contributed by atoms with Crippen LogP contribution >= 0.6 is 0 Å². The number of nitrogens with two attached hydrogens (primary N) is 1. The van der Waals surface area contributed by atoms with Crippen LogP contribution in [-0.2, 0) is 4.79 Å². The Bertz CT molecular complexity index is 129. The van der Waals surface area contributed by atoms with Gasteiger partial charge in [0.2, 0.25) is 5.91 Å². The molecule has 0 aromatic carbocycles. The smallest absolute Gasteiger partial charge is 0.220 e. The van der Waals surface area contributed by atoms with Crippen LogP contribution in [0.3, 0.4) is 0 Å². The minimum atomic E-state index is -0.146. The third-order valence-electron chi connectivity index (χ3n) is 2.40. The van der Waals surface area contributed by atoms with Crippen LogP contribution in [0.25, 0.3) is 0 Å². The van der Waals surface area contributed by atoms with Gasteiger partial charge in [0.15, 0.2) is 0 Å². The summed E-state index contributed by atoms with van der Waals surface area (Å²) in [5, 5.41) is 0. The first-order valence-electron chi connectivity index (χ1n) is 3.99. The summed E-state index contributed by atoms with van der Waals surface area (Å²) < 4.78 is 0. The van der Waals surface area contributed by atoms with Crippen molar-refractivity contribution < 1.29 is 4.79 Å². The molecule has 0 spiro atoms. The highest BCUT2D eigenvalue weighted by Gasteiger charge is 2.21. The summed E-state index contributed by atoms with van der Waals surface area (Å²) >= 11 is 0. The van der Waals surface area contributed by atoms with E-state index in [1.54, 1.807) is 0 Å². The molecule has 10 heavy (non-hydrogen) atoms. The highest BCUT2D eigenvalue weighted by Crippen LogP contribution is 2.31. The summed E-state index contributed by atoms with van der Waals surface area (Å²) in [6.07, 6.45) is 4.96. The first-order valence-corrected chi connectivity index (χ1v) is 3.99. The molecule has 1 aliphatic rings. The summed E-state index contributed by atoms with van der Waals surface area (Å²) in [7, 11) is 0. The van der Waals surface area contributed by atoms with Crippen molar-refractivity contribution in [2.24, 2.45) is 17.6 Å². The van der Waals surface area contributed by atoms with E-state index in [-0.39, 0.29) is 11.8 Å². The van der Waals surface area contributed by atoms with Crippen LogP contribution in [0.15, 0.2) is 0 Å². The molecule has 0 heterocycles. The number of amides is 1. The lowest BCUT2D eigenvalue weighted by Gasteiger charge is -2.26. The normalized spacial score (nSPS) is 21.7. The first kappa shape index (κ1) is 7.58. The van der Waals surface area contributed by atoms with E-state index in [0.29, 0.717) is 0 Å². The van der Waals surface area contributed by atoms with Crippen molar-refractivity contribution in [1.82, 2.24) is 0 Å². The fourth-order valence-electron chi connectivity index (χ4n) is 1.34. The van der Waals surface area contributed by atoms with Gasteiger partial charge in [-0.3, -0.25) is 4.79 Å². The van der Waals surface area contributed by atoms with Crippen molar-refractivity contribution in [2.75, 3.05) is 0 Å². The lowest BCUT2D eigenvalue weighted by molar-refractivity contribution is -0.122. The van der Waals surface area contributed by atoms with E-state index >= 15 is 0 Å². The molecule has 1 amide bonds. The molecule has 1 rings (SSSR count). The Balaban J connectivity index is 2.16. The van der Waals surface area contributed by atoms with Gasteiger partial charge < -0.3 is 5.73 Å². The van der Waals surface area contributed by atoms with E-state index in [2.05, 4.69) is 0 Å². The maximum absolute atomic E-state index is 10.6. The zero-order valence-corrected chi connectivity index (χ0v) is 6.47. The molecule has 0 aromatic rings. The second-order valence-corrected chi connectivity index (χ2v) is 3.34. The molecule has 0 saturated heterocycles. The van der Waals surface area contributed by atoms with Crippen LogP contribution in [0.4, 0.5) is 0 Å². The average molecular weight is 141 g/mol. The molecule has 1 unspecified atom stereocenters. The highest BCUT2D eigenvalue weighted by molar-refractivity contribution is 5.76. The average Bonchev–Trinajstić information content (AvgIpc) is 1.77. The predicted octanol–water partition coefficient (Wildman–Crippen LogP) is 1.30. The molecule has 2 N–H and O–H groups in total. The van der Waals surface area contributed by atoms with E-state index in [0.717, 1.165) is 12.3 Å². The van der Waals surface area contributed by atoms with Crippen molar-refractivity contribution >= 4 is 5.91 Å². The van der Waals surface area contributed by atoms with E-state index < -0.39 is 0 Å². The minimum absolute atomic E-state index is 0.0882. The fourth-order valence-corrected chi connectivity index (χ4v) is 1.34. The molecule has 1 saturated carbocycles. The molecule has 58 valence electrons. The van der Waals surface area contributed by atoms with Gasteiger partial charge in [0.25, 0.3) is 0 Å². The Morgan fingerprint density at radius 1 is 1.70 bits per heavy atom. The van der Waals surface area contributed by atoms with E-state index in [1.807, 2.05) is 6.92 Å². The first-order chi connectivity index (χ1) is 4.70. The van der Waals surface area contributed by atoms with E-state index in [1.165, 1.54) is 19.3 Å². The maximum atomic E-state index is 10.6. The van der Waals surface area contributed by atoms with Crippen LogP contribution in [0.2, 0.25) is 0 Å². The van der Waals surface area contributed by atoms with Crippen LogP contribution in [0.5, 0.6) is 0 Å². The van der Waals surface area contributed by atoms with Gasteiger partial charge >= 0.3 is 0 Å². The number of hydrogen-bond donors (Lipinski definition) is 1. The van der Waals surface area contributed by atoms with Crippen LogP contribution in [0.1, 0.15) is 32.6 Å². The Morgan fingerprint density at radius 2 is 2.30 bits per heavy atom. The number of hydrogen-bond acceptors (Lipinski definition) is 1. The molecular weight excluding hydrogens is 126 g/mol. The summed E-state index contributed by atoms with van der Waals surface area (Å²) in [4.78, 5) is 10.6. The minimum Gasteiger partial charge on any atom is -0.369 e. The lowest BCUT2D eigenvalue weighted by Crippen LogP contribution is -2.25. The van der Waals surface area contributed by atoms with Crippen molar-refractivity contribution in [3.63, 3.8) is 0 Å². The van der Waals surface area contributed by atoms with E-state index in [9.17, 15) is 4.79 Å². The van der Waals surface area contributed by atoms with Crippen LogP contribution in [-0.4, -0.2) is 5.91 Å². The van der Waals surface area contributed by atoms with Crippen LogP contribution < -0.4 is 5.73 Å². The Morgan fingerprint density at radius 3 is 2.60 bits per heavy atom. The Kier molecular flexibility index (Phi) is 2.30. The summed E-state index contributed by atoms with van der Waals surface area (Å²) in [6.45, 7) is 1.92. The zero-order chi connectivity index (χ0) is 7.56. The van der Waals surface area contributed by atoms with Crippen molar-refractivity contribution in [3.8, 4) is 0 Å². The number of primary amides is 1. The Hall–Kier alpha value is -0.530. The van der Waals surface area contributed by atoms with Crippen LogP contribution in [0, 0.1) is 11.8 Å². The predicted molar refractivity (Wildman–Crippen MR) is 40.3 cm³/mol. The quantitative estimate of drug-likeness (QED) is 0.632. The second kappa shape index (κ2) is 3.04. The van der Waals surface area contributed by atoms with Gasteiger partial charge in [-0.2, -0.15) is 0 Å². The monoisotopic (exact) mass is 141 g/mol. The van der Waals surface area contributed by atoms with Gasteiger partial charge in [-0.05, 0) is 12.3 Å². The largest absolute Gasteiger partial charge is 0.369 e. The molecule has 2 heteroatoms. The molecule has 0 aromatic heterocycles. The van der Waals surface area contributed by atoms with E-state index in [4.69, 9.17) is 5.73 Å². The molecule has 0 bridgehead atoms. The zero-order valence-electron chi connectivity index (χ0n) is 6.47. The fraction of sp³-hybridized carbons (Fsp3) is 0.875. The molecular formula is C8H15NO. The van der Waals surface area contributed by atoms with Gasteiger partial charge in [-0.25, -0.2) is 0 Å². The molecule has 1 aliphatic carbocycles. The standard InChI is InChI=1S/C8H15NO/c1-6(8(9)10)5-7-3-2-4-7/h6-7H,2-5H2,1H3,(H2,9,10). The van der Waals surface area contributed by atoms with Gasteiger partial charge in [-0.15, -0.1) is 0 Å². The third-order valence-corrected chi connectivity index (χ3v) is 2.40. The summed E-state index contributed by atoms with van der Waals surface area (Å²) in [5.41, 5.74) is 5.12. The van der Waals surface area contributed by atoms with Crippen molar-refractivity contribution in [1.29, 1.82) is 0 Å². The van der Waals surface area contributed by atoms with Gasteiger partial charge in [0, 0.05) is 5.92 Å². The number of carbonyl (C=O) groups is 1. The van der Waals surface area contributed by atoms with Crippen molar-refractivity contribution in [3.05, 3.63) is 0 Å². The topological polar surface area (TPSA) is 43.1 Å². The lowest BCUT2D eigenvalue weighted by atomic mass is 9.79. The van der Waals surface area contributed by atoms with Gasteiger partial charge in [0.05, 0.1) is 0 Å². The number of carbonyl (C=O) groups excluding carboxylic acids is 1. The SMILES string of the molecule is CC(CC1CCC1)C(N)=O. The Labute approximate surface area is 61.8 Å². The molecule has 0 aliphatic heterocycles. The molecule has 1 atom stereocenters. The summed E-state index contributed by atoms with van der Waals surface area (Å²) in [6, 6.07) is 0. The summed E-state index contributed by atoms with van der Waals surface area (Å²) in [5.74, 6) is 0.736. The van der Waals surface area contributed by atoms with Crippen molar-refractivity contribution in [2.45, 2.75) is 32.6 Å². The van der Waals surface area contributed by atoms with Gasteiger partial charge in [-0.1, -0.05) is 26.2 Å². The molecule has 0 radical (unpaired) electrons. The molecule has 2 nitrogen and oxygen atoms in total. The molecule has 1 fully saturated rings.